The van der Waals surface area contributed by atoms with Crippen LogP contribution in [0.15, 0.2) is 18.3 Å². The number of aliphatic hydroxyl groups is 1. The van der Waals surface area contributed by atoms with Gasteiger partial charge in [-0.1, -0.05) is 0 Å². The molecule has 1 saturated carbocycles. The van der Waals surface area contributed by atoms with Crippen molar-refractivity contribution in [3.8, 4) is 0 Å². The van der Waals surface area contributed by atoms with Gasteiger partial charge >= 0.3 is 6.18 Å². The van der Waals surface area contributed by atoms with E-state index >= 15 is 0 Å². The lowest BCUT2D eigenvalue weighted by molar-refractivity contribution is -0.141. The third-order valence-corrected chi connectivity index (χ3v) is 3.68. The Balaban J connectivity index is 1.86. The Bertz CT molecular complexity index is 480. The molecule has 1 aromatic heterocycles. The first kappa shape index (κ1) is 15.8. The molecular formula is C14H17F3N2O2. The molecule has 7 heteroatoms. The summed E-state index contributed by atoms with van der Waals surface area (Å²) in [5, 5.41) is 12.1. The lowest BCUT2D eigenvalue weighted by Gasteiger charge is -2.25. The van der Waals surface area contributed by atoms with Crippen LogP contribution in [0.2, 0.25) is 0 Å². The third-order valence-electron chi connectivity index (χ3n) is 3.68. The molecule has 2 N–H and O–H groups in total. The van der Waals surface area contributed by atoms with Gasteiger partial charge in [-0.15, -0.1) is 0 Å². The molecule has 21 heavy (non-hydrogen) atoms. The standard InChI is InChI=1S/C14H17F3N2O2/c15-14(16,17)12-6-3-10(8-18-12)13(21)19-7-9-1-4-11(20)5-2-9/h3,6,8-9,11,20H,1-2,4-5,7H2,(H,19,21). The van der Waals surface area contributed by atoms with Gasteiger partial charge in [-0.25, -0.2) is 0 Å². The largest absolute Gasteiger partial charge is 0.433 e. The van der Waals surface area contributed by atoms with E-state index in [-0.39, 0.29) is 11.7 Å². The number of aromatic nitrogens is 1. The van der Waals surface area contributed by atoms with Crippen molar-refractivity contribution in [3.63, 3.8) is 0 Å². The number of nitrogens with zero attached hydrogens (tertiary/aromatic N) is 1. The van der Waals surface area contributed by atoms with Crippen molar-refractivity contribution in [1.82, 2.24) is 10.3 Å². The highest BCUT2D eigenvalue weighted by molar-refractivity contribution is 5.93. The summed E-state index contributed by atoms with van der Waals surface area (Å²) in [5.41, 5.74) is -0.904. The predicted octanol–water partition coefficient (Wildman–Crippen LogP) is 2.38. The van der Waals surface area contributed by atoms with Gasteiger partial charge in [0.15, 0.2) is 0 Å². The van der Waals surface area contributed by atoms with E-state index in [1.54, 1.807) is 0 Å². The van der Waals surface area contributed by atoms with Gasteiger partial charge in [0.05, 0.1) is 11.7 Å². The zero-order valence-electron chi connectivity index (χ0n) is 11.4. The lowest BCUT2D eigenvalue weighted by atomic mass is 9.87. The van der Waals surface area contributed by atoms with Gasteiger partial charge in [-0.3, -0.25) is 9.78 Å². The fraction of sp³-hybridized carbons (Fsp3) is 0.571. The van der Waals surface area contributed by atoms with E-state index in [9.17, 15) is 23.1 Å². The molecule has 1 aliphatic carbocycles. The number of aliphatic hydroxyl groups excluding tert-OH is 1. The first-order valence-corrected chi connectivity index (χ1v) is 6.86. The van der Waals surface area contributed by atoms with Crippen LogP contribution in [0.5, 0.6) is 0 Å². The van der Waals surface area contributed by atoms with E-state index in [2.05, 4.69) is 10.3 Å². The number of amides is 1. The Labute approximate surface area is 120 Å². The molecule has 1 aliphatic rings. The van der Waals surface area contributed by atoms with Crippen LogP contribution in [0.4, 0.5) is 13.2 Å². The van der Waals surface area contributed by atoms with Crippen LogP contribution in [-0.2, 0) is 6.18 Å². The van der Waals surface area contributed by atoms with Crippen LogP contribution in [0.1, 0.15) is 41.7 Å². The van der Waals surface area contributed by atoms with Gasteiger partial charge < -0.3 is 10.4 Å². The van der Waals surface area contributed by atoms with Gasteiger partial charge in [-0.2, -0.15) is 13.2 Å². The Hall–Kier alpha value is -1.63. The fourth-order valence-corrected chi connectivity index (χ4v) is 2.38. The first-order valence-electron chi connectivity index (χ1n) is 6.86. The van der Waals surface area contributed by atoms with Crippen LogP contribution in [0.3, 0.4) is 0 Å². The number of rotatable bonds is 3. The van der Waals surface area contributed by atoms with Gasteiger partial charge in [0.1, 0.15) is 5.69 Å². The normalized spacial score (nSPS) is 22.9. The fourth-order valence-electron chi connectivity index (χ4n) is 2.38. The Morgan fingerprint density at radius 2 is 1.95 bits per heavy atom. The minimum Gasteiger partial charge on any atom is -0.393 e. The van der Waals surface area contributed by atoms with Crippen molar-refractivity contribution < 1.29 is 23.1 Å². The number of nitrogens with one attached hydrogen (secondary N) is 1. The van der Waals surface area contributed by atoms with Crippen molar-refractivity contribution in [1.29, 1.82) is 0 Å². The average Bonchev–Trinajstić information content (AvgIpc) is 2.45. The molecule has 0 aliphatic heterocycles. The lowest BCUT2D eigenvalue weighted by Crippen LogP contribution is -2.32. The van der Waals surface area contributed by atoms with E-state index in [1.165, 1.54) is 0 Å². The van der Waals surface area contributed by atoms with Crippen LogP contribution >= 0.6 is 0 Å². The molecule has 0 spiro atoms. The second-order valence-electron chi connectivity index (χ2n) is 5.31. The highest BCUT2D eigenvalue weighted by atomic mass is 19.4. The summed E-state index contributed by atoms with van der Waals surface area (Å²) in [6.07, 6.45) is -0.693. The molecule has 0 atom stereocenters. The van der Waals surface area contributed by atoms with Gasteiger partial charge in [0.2, 0.25) is 0 Å². The second-order valence-corrected chi connectivity index (χ2v) is 5.31. The topological polar surface area (TPSA) is 62.2 Å². The van der Waals surface area contributed by atoms with E-state index in [0.717, 1.165) is 44.0 Å². The van der Waals surface area contributed by atoms with Crippen molar-refractivity contribution >= 4 is 5.91 Å². The summed E-state index contributed by atoms with van der Waals surface area (Å²) in [7, 11) is 0. The number of pyridine rings is 1. The van der Waals surface area contributed by atoms with E-state index in [4.69, 9.17) is 0 Å². The molecule has 2 rings (SSSR count). The number of hydrogen-bond acceptors (Lipinski definition) is 3. The number of halogens is 3. The third kappa shape index (κ3) is 4.42. The second kappa shape index (κ2) is 6.43. The molecule has 1 aromatic rings. The molecule has 1 amide bonds. The average molecular weight is 302 g/mol. The maximum absolute atomic E-state index is 12.4. The summed E-state index contributed by atoms with van der Waals surface area (Å²) in [6, 6.07) is 1.92. The van der Waals surface area contributed by atoms with Crippen molar-refractivity contribution in [3.05, 3.63) is 29.6 Å². The van der Waals surface area contributed by atoms with Crippen LogP contribution in [-0.4, -0.2) is 28.6 Å². The van der Waals surface area contributed by atoms with Crippen LogP contribution in [0.25, 0.3) is 0 Å². The molecule has 1 heterocycles. The molecule has 0 radical (unpaired) electrons. The molecule has 0 unspecified atom stereocenters. The quantitative estimate of drug-likeness (QED) is 0.901. The molecule has 4 nitrogen and oxygen atoms in total. The molecule has 0 aromatic carbocycles. The van der Waals surface area contributed by atoms with Crippen molar-refractivity contribution in [2.75, 3.05) is 6.54 Å². The molecule has 116 valence electrons. The minimum atomic E-state index is -4.50. The SMILES string of the molecule is O=C(NCC1CCC(O)CC1)c1ccc(C(F)(F)F)nc1. The number of carbonyl (C=O) groups is 1. The van der Waals surface area contributed by atoms with E-state index < -0.39 is 17.8 Å². The monoisotopic (exact) mass is 302 g/mol. The molecule has 0 bridgehead atoms. The summed E-state index contributed by atoms with van der Waals surface area (Å²) < 4.78 is 37.1. The highest BCUT2D eigenvalue weighted by Crippen LogP contribution is 2.27. The summed E-state index contributed by atoms with van der Waals surface area (Å²) in [4.78, 5) is 15.1. The van der Waals surface area contributed by atoms with Crippen LogP contribution < -0.4 is 5.32 Å². The smallest absolute Gasteiger partial charge is 0.393 e. The summed E-state index contributed by atoms with van der Waals surface area (Å²) >= 11 is 0. The maximum atomic E-state index is 12.4. The summed E-state index contributed by atoms with van der Waals surface area (Å²) in [5.74, 6) is -0.123. The Kier molecular flexibility index (Phi) is 4.82. The summed E-state index contributed by atoms with van der Waals surface area (Å²) in [6.45, 7) is 0.465. The number of hydrogen-bond donors (Lipinski definition) is 2. The Morgan fingerprint density at radius 1 is 1.29 bits per heavy atom. The molecule has 1 fully saturated rings. The zero-order valence-corrected chi connectivity index (χ0v) is 11.4. The van der Waals surface area contributed by atoms with Crippen molar-refractivity contribution in [2.45, 2.75) is 38.0 Å². The van der Waals surface area contributed by atoms with Crippen molar-refractivity contribution in [2.24, 2.45) is 5.92 Å². The van der Waals surface area contributed by atoms with Gasteiger partial charge in [0, 0.05) is 12.7 Å². The maximum Gasteiger partial charge on any atom is 0.433 e. The van der Waals surface area contributed by atoms with Gasteiger partial charge in [0.25, 0.3) is 5.91 Å². The molecule has 0 saturated heterocycles. The van der Waals surface area contributed by atoms with Crippen LogP contribution in [0, 0.1) is 5.92 Å². The van der Waals surface area contributed by atoms with E-state index in [0.29, 0.717) is 12.5 Å². The zero-order chi connectivity index (χ0) is 15.5. The Morgan fingerprint density at radius 3 is 2.48 bits per heavy atom. The number of alkyl halides is 3. The molecular weight excluding hydrogens is 285 g/mol. The minimum absolute atomic E-state index is 0.110. The first-order chi connectivity index (χ1) is 9.86. The highest BCUT2D eigenvalue weighted by Gasteiger charge is 2.32. The predicted molar refractivity (Wildman–Crippen MR) is 69.5 cm³/mol. The van der Waals surface area contributed by atoms with Gasteiger partial charge in [-0.05, 0) is 43.7 Å². The van der Waals surface area contributed by atoms with E-state index in [1.807, 2.05) is 0 Å². The number of carbonyl (C=O) groups excluding carboxylic acids is 1.